The number of anilines is 1. The van der Waals surface area contributed by atoms with Crippen molar-refractivity contribution in [3.05, 3.63) is 118 Å². The highest BCUT2D eigenvalue weighted by atomic mass is 19.4. The summed E-state index contributed by atoms with van der Waals surface area (Å²) in [7, 11) is 0. The first-order chi connectivity index (χ1) is 17.8. The molecule has 0 unspecified atom stereocenters. The number of ether oxygens (including phenoxy) is 1. The van der Waals surface area contributed by atoms with Crippen LogP contribution in [0.15, 0.2) is 77.7 Å². The normalized spacial score (nSPS) is 10.8. The van der Waals surface area contributed by atoms with Crippen molar-refractivity contribution < 1.29 is 45.4 Å². The van der Waals surface area contributed by atoms with Crippen LogP contribution in [-0.4, -0.2) is 16.0 Å². The summed E-state index contributed by atoms with van der Waals surface area (Å²) in [6.07, 6.45) is -3.49. The molecule has 3 aromatic carbocycles. The molecule has 6 nitrogen and oxygen atoms in total. The number of halogens is 7. The molecule has 0 spiro atoms. The van der Waals surface area contributed by atoms with Gasteiger partial charge in [0.2, 0.25) is 5.56 Å². The first kappa shape index (κ1) is 27.8. The lowest BCUT2D eigenvalue weighted by molar-refractivity contribution is -0.137. The molecule has 1 amide bonds. The Labute approximate surface area is 208 Å². The summed E-state index contributed by atoms with van der Waals surface area (Å²) in [5, 5.41) is 10.8. The quantitative estimate of drug-likeness (QED) is 0.262. The molecule has 4 rings (SSSR count). The van der Waals surface area contributed by atoms with Gasteiger partial charge in [-0.25, -0.2) is 17.6 Å². The van der Waals surface area contributed by atoms with Gasteiger partial charge in [-0.15, -0.1) is 0 Å². The Morgan fingerprint density at radius 1 is 0.816 bits per heavy atom. The van der Waals surface area contributed by atoms with Gasteiger partial charge >= 0.3 is 6.18 Å². The molecule has 198 valence electrons. The van der Waals surface area contributed by atoms with Gasteiger partial charge in [-0.1, -0.05) is 0 Å². The Morgan fingerprint density at radius 3 is 2.05 bits per heavy atom. The summed E-state index contributed by atoms with van der Waals surface area (Å²) in [4.78, 5) is 26.1. The van der Waals surface area contributed by atoms with Crippen LogP contribution in [0.25, 0.3) is 0 Å². The molecule has 0 radical (unpaired) electrons. The first-order valence-corrected chi connectivity index (χ1v) is 10.3. The minimum atomic E-state index is -4.75. The second-order valence-electron chi connectivity index (χ2n) is 7.38. The second-order valence-corrected chi connectivity index (χ2v) is 7.38. The van der Waals surface area contributed by atoms with E-state index in [9.17, 15) is 40.3 Å². The Bertz CT molecular complexity index is 1520. The zero-order chi connectivity index (χ0) is 28.0. The third-order valence-corrected chi connectivity index (χ3v) is 4.61. The van der Waals surface area contributed by atoms with Gasteiger partial charge in [0.25, 0.3) is 5.91 Å². The largest absolute Gasteiger partial charge is 0.505 e. The number of amides is 1. The van der Waals surface area contributed by atoms with E-state index in [4.69, 9.17) is 9.84 Å². The predicted molar refractivity (Wildman–Crippen MR) is 121 cm³/mol. The van der Waals surface area contributed by atoms with Gasteiger partial charge in [0.1, 0.15) is 17.4 Å². The molecule has 0 saturated heterocycles. The van der Waals surface area contributed by atoms with Gasteiger partial charge in [0.05, 0.1) is 11.1 Å². The van der Waals surface area contributed by atoms with Crippen molar-refractivity contribution in [1.82, 2.24) is 4.98 Å². The van der Waals surface area contributed by atoms with E-state index in [1.807, 2.05) is 0 Å². The summed E-state index contributed by atoms with van der Waals surface area (Å²) >= 11 is 0. The molecule has 0 bridgehead atoms. The van der Waals surface area contributed by atoms with Gasteiger partial charge in [-0.05, 0) is 48.5 Å². The number of aromatic amines is 1. The van der Waals surface area contributed by atoms with Crippen LogP contribution >= 0.6 is 0 Å². The second kappa shape index (κ2) is 11.5. The Hall–Kier alpha value is -4.81. The van der Waals surface area contributed by atoms with Gasteiger partial charge in [0, 0.05) is 30.1 Å². The fraction of sp³-hybridized carbons (Fsp3) is 0.0400. The van der Waals surface area contributed by atoms with Crippen LogP contribution in [0.2, 0.25) is 0 Å². The monoisotopic (exact) mass is 540 g/mol. The number of nitrogens with one attached hydrogen (secondary N) is 2. The molecule has 0 atom stereocenters. The topological polar surface area (TPSA) is 91.4 Å². The predicted octanol–water partition coefficient (Wildman–Crippen LogP) is 6.39. The third kappa shape index (κ3) is 7.35. The van der Waals surface area contributed by atoms with Gasteiger partial charge in [0.15, 0.2) is 23.1 Å². The van der Waals surface area contributed by atoms with Crippen molar-refractivity contribution in [3.63, 3.8) is 0 Å². The SMILES string of the molecule is O=C(Nc1cc[nH]c(=O)c1)c1ccc(C(F)(F)F)cc1Oc1ccc(F)cc1F.Oc1ccc(F)cc1F. The van der Waals surface area contributed by atoms with Crippen LogP contribution in [0.4, 0.5) is 36.4 Å². The van der Waals surface area contributed by atoms with Crippen LogP contribution in [0.5, 0.6) is 17.2 Å². The van der Waals surface area contributed by atoms with E-state index in [1.54, 1.807) is 0 Å². The maximum Gasteiger partial charge on any atom is 0.416 e. The van der Waals surface area contributed by atoms with Crippen molar-refractivity contribution in [2.45, 2.75) is 6.18 Å². The van der Waals surface area contributed by atoms with E-state index in [0.717, 1.165) is 36.4 Å². The van der Waals surface area contributed by atoms with Gasteiger partial charge in [-0.2, -0.15) is 13.2 Å². The minimum absolute atomic E-state index is 0.0811. The highest BCUT2D eigenvalue weighted by molar-refractivity contribution is 6.06. The summed E-state index contributed by atoms with van der Waals surface area (Å²) < 4.78 is 95.3. The average molecular weight is 540 g/mol. The van der Waals surface area contributed by atoms with E-state index >= 15 is 0 Å². The van der Waals surface area contributed by atoms with Crippen molar-refractivity contribution >= 4 is 11.6 Å². The summed E-state index contributed by atoms with van der Waals surface area (Å²) in [5.41, 5.74) is -1.93. The maximum atomic E-state index is 13.9. The molecule has 0 aliphatic heterocycles. The van der Waals surface area contributed by atoms with E-state index in [2.05, 4.69) is 10.3 Å². The average Bonchev–Trinajstić information content (AvgIpc) is 2.83. The Kier molecular flexibility index (Phi) is 8.40. The highest BCUT2D eigenvalue weighted by Crippen LogP contribution is 2.36. The van der Waals surface area contributed by atoms with Crippen LogP contribution in [0.3, 0.4) is 0 Å². The van der Waals surface area contributed by atoms with Crippen molar-refractivity contribution in [2.24, 2.45) is 0 Å². The van der Waals surface area contributed by atoms with Crippen molar-refractivity contribution in [1.29, 1.82) is 0 Å². The van der Waals surface area contributed by atoms with Gasteiger partial charge in [-0.3, -0.25) is 9.59 Å². The summed E-state index contributed by atoms with van der Waals surface area (Å²) in [6, 6.07) is 9.21. The van der Waals surface area contributed by atoms with Crippen LogP contribution in [-0.2, 0) is 6.18 Å². The lowest BCUT2D eigenvalue weighted by Gasteiger charge is -2.15. The highest BCUT2D eigenvalue weighted by Gasteiger charge is 2.32. The molecule has 1 heterocycles. The van der Waals surface area contributed by atoms with Crippen LogP contribution in [0, 0.1) is 23.3 Å². The third-order valence-electron chi connectivity index (χ3n) is 4.61. The molecule has 0 saturated carbocycles. The fourth-order valence-corrected chi connectivity index (χ4v) is 2.85. The number of aromatic hydroxyl groups is 1. The summed E-state index contributed by atoms with van der Waals surface area (Å²) in [6.45, 7) is 0. The molecule has 13 heteroatoms. The Balaban J connectivity index is 0.000000375. The maximum absolute atomic E-state index is 13.9. The molecule has 38 heavy (non-hydrogen) atoms. The van der Waals surface area contributed by atoms with E-state index < -0.39 is 63.7 Å². The number of hydrogen-bond acceptors (Lipinski definition) is 4. The number of phenolic OH excluding ortho intramolecular Hbond substituents is 1. The lowest BCUT2D eigenvalue weighted by Crippen LogP contribution is -2.16. The number of H-pyrrole nitrogens is 1. The van der Waals surface area contributed by atoms with Crippen molar-refractivity contribution in [3.8, 4) is 17.2 Å². The molecule has 1 aromatic heterocycles. The molecule has 0 aliphatic carbocycles. The molecular formula is C25H15F7N2O4. The van der Waals surface area contributed by atoms with Gasteiger partial charge < -0.3 is 20.1 Å². The van der Waals surface area contributed by atoms with Crippen LogP contribution < -0.4 is 15.6 Å². The standard InChI is InChI=1S/C19H11F5N2O3.C6H4F2O/c20-11-2-4-15(14(21)8-11)29-16-7-10(19(22,23)24)1-3-13(16)18(28)26-12-5-6-25-17(27)9-12;7-4-1-2-6(9)5(8)3-4/h1-9H,(H2,25,26,27,28);1-3,9H. The number of benzene rings is 3. The molecule has 3 N–H and O–H groups in total. The fourth-order valence-electron chi connectivity index (χ4n) is 2.85. The number of hydrogen-bond donors (Lipinski definition) is 3. The van der Waals surface area contributed by atoms with Crippen LogP contribution in [0.1, 0.15) is 15.9 Å². The van der Waals surface area contributed by atoms with Crippen molar-refractivity contribution in [2.75, 3.05) is 5.32 Å². The zero-order valence-corrected chi connectivity index (χ0v) is 18.7. The van der Waals surface area contributed by atoms with E-state index in [0.29, 0.717) is 24.3 Å². The number of phenols is 1. The van der Waals surface area contributed by atoms with E-state index in [1.165, 1.54) is 12.3 Å². The zero-order valence-electron chi connectivity index (χ0n) is 18.7. The number of alkyl halides is 3. The number of rotatable bonds is 4. The molecule has 0 aliphatic rings. The van der Waals surface area contributed by atoms with E-state index in [-0.39, 0.29) is 11.3 Å². The molecular weight excluding hydrogens is 525 g/mol. The number of carbonyl (C=O) groups excluding carboxylic acids is 1. The summed E-state index contributed by atoms with van der Waals surface area (Å²) in [5.74, 6) is -6.31. The smallest absolute Gasteiger partial charge is 0.416 e. The number of carbonyl (C=O) groups is 1. The molecule has 0 fully saturated rings. The molecule has 4 aromatic rings. The number of pyridine rings is 1. The minimum Gasteiger partial charge on any atom is -0.505 e. The Morgan fingerprint density at radius 2 is 1.47 bits per heavy atom. The number of aromatic nitrogens is 1. The first-order valence-electron chi connectivity index (χ1n) is 10.3. The lowest BCUT2D eigenvalue weighted by atomic mass is 10.1.